The number of methoxy groups -OCH3 is 1. The Labute approximate surface area is 121 Å². The van der Waals surface area contributed by atoms with Crippen LogP contribution in [-0.2, 0) is 9.53 Å². The highest BCUT2D eigenvalue weighted by Gasteiger charge is 2.35. The first-order valence-electron chi connectivity index (χ1n) is 7.15. The lowest BCUT2D eigenvalue weighted by atomic mass is 10.0. The molecule has 4 heteroatoms. The molecule has 1 aliphatic heterocycles. The summed E-state index contributed by atoms with van der Waals surface area (Å²) in [6.45, 7) is 7.34. The second-order valence-corrected chi connectivity index (χ2v) is 5.57. The third kappa shape index (κ3) is 3.02. The summed E-state index contributed by atoms with van der Waals surface area (Å²) < 4.78 is 5.13. The van der Waals surface area contributed by atoms with E-state index in [0.717, 1.165) is 6.42 Å². The molecule has 110 valence electrons. The lowest BCUT2D eigenvalue weighted by Crippen LogP contribution is -2.38. The van der Waals surface area contributed by atoms with E-state index in [9.17, 15) is 4.79 Å². The third-order valence-corrected chi connectivity index (χ3v) is 3.96. The van der Waals surface area contributed by atoms with E-state index in [1.165, 1.54) is 16.7 Å². The van der Waals surface area contributed by atoms with Gasteiger partial charge in [0.1, 0.15) is 6.17 Å². The van der Waals surface area contributed by atoms with Gasteiger partial charge >= 0.3 is 0 Å². The van der Waals surface area contributed by atoms with Crippen LogP contribution in [0, 0.1) is 13.8 Å². The van der Waals surface area contributed by atoms with Crippen LogP contribution in [0.4, 0.5) is 0 Å². The zero-order valence-electron chi connectivity index (χ0n) is 12.8. The van der Waals surface area contributed by atoms with Crippen molar-refractivity contribution in [2.75, 3.05) is 20.3 Å². The van der Waals surface area contributed by atoms with E-state index in [1.807, 2.05) is 4.90 Å². The molecular weight excluding hydrogens is 252 g/mol. The molecule has 0 saturated carbocycles. The van der Waals surface area contributed by atoms with E-state index in [1.54, 1.807) is 7.11 Å². The predicted octanol–water partition coefficient (Wildman–Crippen LogP) is 2.16. The number of nitrogens with zero attached hydrogens (tertiary/aromatic N) is 1. The van der Waals surface area contributed by atoms with Crippen molar-refractivity contribution in [2.45, 2.75) is 39.4 Å². The van der Waals surface area contributed by atoms with Crippen LogP contribution in [0.25, 0.3) is 0 Å². The molecule has 2 unspecified atom stereocenters. The highest BCUT2D eigenvalue weighted by atomic mass is 16.5. The van der Waals surface area contributed by atoms with Crippen molar-refractivity contribution in [3.8, 4) is 0 Å². The second kappa shape index (κ2) is 6.37. The summed E-state index contributed by atoms with van der Waals surface area (Å²) in [5.41, 5.74) is 3.63. The Balaban J connectivity index is 2.25. The monoisotopic (exact) mass is 276 g/mol. The molecule has 2 atom stereocenters. The van der Waals surface area contributed by atoms with Crippen LogP contribution in [0.3, 0.4) is 0 Å². The first-order valence-corrected chi connectivity index (χ1v) is 7.15. The minimum Gasteiger partial charge on any atom is -0.385 e. The van der Waals surface area contributed by atoms with Gasteiger partial charge in [-0.25, -0.2) is 0 Å². The number of carbonyl (C=O) groups is 1. The quantitative estimate of drug-likeness (QED) is 0.896. The molecule has 2 rings (SSSR count). The summed E-state index contributed by atoms with van der Waals surface area (Å²) in [5, 5.41) is 3.33. The smallest absolute Gasteiger partial charge is 0.238 e. The Morgan fingerprint density at radius 2 is 2.20 bits per heavy atom. The molecule has 20 heavy (non-hydrogen) atoms. The summed E-state index contributed by atoms with van der Waals surface area (Å²) in [5.74, 6) is 0.166. The normalized spacial score (nSPS) is 20.5. The van der Waals surface area contributed by atoms with Gasteiger partial charge in [0.15, 0.2) is 0 Å². The Bertz CT molecular complexity index is 487. The van der Waals surface area contributed by atoms with Gasteiger partial charge in [0.25, 0.3) is 0 Å². The fourth-order valence-electron chi connectivity index (χ4n) is 2.76. The molecule has 0 radical (unpaired) electrons. The van der Waals surface area contributed by atoms with E-state index in [4.69, 9.17) is 4.74 Å². The SMILES string of the molecule is COCCC(C)N1C(=O)CNC1c1cc(C)ccc1C. The maximum absolute atomic E-state index is 12.2. The lowest BCUT2D eigenvalue weighted by molar-refractivity contribution is -0.130. The predicted molar refractivity (Wildman–Crippen MR) is 79.5 cm³/mol. The molecule has 0 bridgehead atoms. The number of hydrogen-bond acceptors (Lipinski definition) is 3. The molecular formula is C16H24N2O2. The Morgan fingerprint density at radius 3 is 2.90 bits per heavy atom. The van der Waals surface area contributed by atoms with E-state index in [0.29, 0.717) is 13.2 Å². The van der Waals surface area contributed by atoms with Gasteiger partial charge in [-0.3, -0.25) is 10.1 Å². The van der Waals surface area contributed by atoms with Gasteiger partial charge in [-0.2, -0.15) is 0 Å². The summed E-state index contributed by atoms with van der Waals surface area (Å²) in [4.78, 5) is 14.1. The zero-order valence-corrected chi connectivity index (χ0v) is 12.8. The largest absolute Gasteiger partial charge is 0.385 e. The summed E-state index contributed by atoms with van der Waals surface area (Å²) >= 11 is 0. The van der Waals surface area contributed by atoms with Crippen molar-refractivity contribution < 1.29 is 9.53 Å². The molecule has 1 aromatic carbocycles. The summed E-state index contributed by atoms with van der Waals surface area (Å²) in [7, 11) is 1.69. The van der Waals surface area contributed by atoms with Gasteiger partial charge in [0.2, 0.25) is 5.91 Å². The first kappa shape index (κ1) is 15.0. The van der Waals surface area contributed by atoms with Crippen molar-refractivity contribution in [3.63, 3.8) is 0 Å². The van der Waals surface area contributed by atoms with Crippen LogP contribution in [0.1, 0.15) is 36.2 Å². The minimum absolute atomic E-state index is 0.0192. The van der Waals surface area contributed by atoms with Gasteiger partial charge in [-0.05, 0) is 38.3 Å². The maximum Gasteiger partial charge on any atom is 0.238 e. The topological polar surface area (TPSA) is 41.6 Å². The average Bonchev–Trinajstić information content (AvgIpc) is 2.80. The molecule has 1 aromatic rings. The molecule has 1 heterocycles. The molecule has 1 N–H and O–H groups in total. The summed E-state index contributed by atoms with van der Waals surface area (Å²) in [6, 6.07) is 6.56. The van der Waals surface area contributed by atoms with Gasteiger partial charge in [-0.1, -0.05) is 23.8 Å². The van der Waals surface area contributed by atoms with Crippen molar-refractivity contribution in [2.24, 2.45) is 0 Å². The van der Waals surface area contributed by atoms with Crippen LogP contribution >= 0.6 is 0 Å². The van der Waals surface area contributed by atoms with Gasteiger partial charge < -0.3 is 9.64 Å². The molecule has 0 spiro atoms. The second-order valence-electron chi connectivity index (χ2n) is 5.57. The molecule has 0 aromatic heterocycles. The average molecular weight is 276 g/mol. The number of amides is 1. The van der Waals surface area contributed by atoms with Crippen LogP contribution in [0.5, 0.6) is 0 Å². The van der Waals surface area contributed by atoms with Gasteiger partial charge in [0.05, 0.1) is 6.54 Å². The third-order valence-electron chi connectivity index (χ3n) is 3.96. The van der Waals surface area contributed by atoms with E-state index in [2.05, 4.69) is 44.3 Å². The van der Waals surface area contributed by atoms with Gasteiger partial charge in [-0.15, -0.1) is 0 Å². The van der Waals surface area contributed by atoms with E-state index in [-0.39, 0.29) is 18.1 Å². The molecule has 1 saturated heterocycles. The number of aryl methyl sites for hydroxylation is 2. The summed E-state index contributed by atoms with van der Waals surface area (Å²) in [6.07, 6.45) is 0.833. The highest BCUT2D eigenvalue weighted by molar-refractivity contribution is 5.81. The fraction of sp³-hybridized carbons (Fsp3) is 0.562. The van der Waals surface area contributed by atoms with Crippen molar-refractivity contribution >= 4 is 5.91 Å². The number of hydrogen-bond donors (Lipinski definition) is 1. The Kier molecular flexibility index (Phi) is 4.78. The standard InChI is InChI=1S/C16H24N2O2/c1-11-5-6-12(2)14(9-11)16-17-10-15(19)18(16)13(3)7-8-20-4/h5-6,9,13,16-17H,7-8,10H2,1-4H3. The Hall–Kier alpha value is -1.39. The van der Waals surface area contributed by atoms with Gasteiger partial charge in [0, 0.05) is 19.8 Å². The van der Waals surface area contributed by atoms with E-state index >= 15 is 0 Å². The Morgan fingerprint density at radius 1 is 1.45 bits per heavy atom. The van der Waals surface area contributed by atoms with Crippen LogP contribution in [-0.4, -0.2) is 37.1 Å². The number of benzene rings is 1. The van der Waals surface area contributed by atoms with Crippen LogP contribution in [0.15, 0.2) is 18.2 Å². The highest BCUT2D eigenvalue weighted by Crippen LogP contribution is 2.28. The first-order chi connectivity index (χ1) is 9.54. The van der Waals surface area contributed by atoms with Crippen molar-refractivity contribution in [1.82, 2.24) is 10.2 Å². The lowest BCUT2D eigenvalue weighted by Gasteiger charge is -2.31. The molecule has 4 nitrogen and oxygen atoms in total. The number of carbonyl (C=O) groups excluding carboxylic acids is 1. The number of ether oxygens (including phenoxy) is 1. The van der Waals surface area contributed by atoms with Crippen molar-refractivity contribution in [1.29, 1.82) is 0 Å². The molecule has 1 fully saturated rings. The van der Waals surface area contributed by atoms with Crippen molar-refractivity contribution in [3.05, 3.63) is 34.9 Å². The van der Waals surface area contributed by atoms with Crippen LogP contribution < -0.4 is 5.32 Å². The van der Waals surface area contributed by atoms with Crippen LogP contribution in [0.2, 0.25) is 0 Å². The molecule has 1 amide bonds. The molecule has 0 aliphatic carbocycles. The fourth-order valence-corrected chi connectivity index (χ4v) is 2.76. The number of nitrogens with one attached hydrogen (secondary N) is 1. The molecule has 1 aliphatic rings. The minimum atomic E-state index is -0.0192. The maximum atomic E-state index is 12.2. The van der Waals surface area contributed by atoms with E-state index < -0.39 is 0 Å². The zero-order chi connectivity index (χ0) is 14.7. The number of rotatable bonds is 5.